The molecule has 2 rings (SSSR count). The highest BCUT2D eigenvalue weighted by molar-refractivity contribution is 5.96. The monoisotopic (exact) mass is 295 g/mol. The van der Waals surface area contributed by atoms with Crippen molar-refractivity contribution < 1.29 is 23.8 Å². The number of aryl methyl sites for hydroxylation is 1. The summed E-state index contributed by atoms with van der Waals surface area (Å²) in [5.41, 5.74) is 0.619. The second-order valence-electron chi connectivity index (χ2n) is 5.13. The molecule has 0 bridgehead atoms. The third-order valence-electron chi connectivity index (χ3n) is 3.62. The zero-order chi connectivity index (χ0) is 15.4. The van der Waals surface area contributed by atoms with Gasteiger partial charge in [0.25, 0.3) is 5.91 Å². The summed E-state index contributed by atoms with van der Waals surface area (Å²) in [6, 6.07) is 4.01. The second kappa shape index (κ2) is 6.67. The Hall–Kier alpha value is -1.95. The number of halogens is 1. The number of hydrogen-bond donors (Lipinski definition) is 1. The number of carbonyl (C=O) groups excluding carboxylic acids is 1. The van der Waals surface area contributed by atoms with Crippen molar-refractivity contribution in [3.63, 3.8) is 0 Å². The number of nitrogens with zero attached hydrogens (tertiary/aromatic N) is 1. The molecule has 0 spiro atoms. The molecule has 1 aliphatic heterocycles. The van der Waals surface area contributed by atoms with Crippen LogP contribution >= 0.6 is 0 Å². The first-order valence-electron chi connectivity index (χ1n) is 6.85. The number of carbonyl (C=O) groups is 2. The van der Waals surface area contributed by atoms with Gasteiger partial charge in [-0.25, -0.2) is 4.39 Å². The van der Waals surface area contributed by atoms with Crippen LogP contribution in [0, 0.1) is 12.7 Å². The number of benzene rings is 1. The fourth-order valence-electron chi connectivity index (χ4n) is 2.40. The summed E-state index contributed by atoms with van der Waals surface area (Å²) in [5, 5.41) is 9.01. The predicted molar refractivity (Wildman–Crippen MR) is 73.7 cm³/mol. The zero-order valence-electron chi connectivity index (χ0n) is 11.8. The average molecular weight is 295 g/mol. The van der Waals surface area contributed by atoms with Crippen molar-refractivity contribution in [2.45, 2.75) is 25.8 Å². The van der Waals surface area contributed by atoms with E-state index in [1.165, 1.54) is 17.0 Å². The molecule has 1 fully saturated rings. The van der Waals surface area contributed by atoms with Gasteiger partial charge in [0, 0.05) is 24.8 Å². The summed E-state index contributed by atoms with van der Waals surface area (Å²) in [5.74, 6) is -2.01. The highest BCUT2D eigenvalue weighted by Gasteiger charge is 2.28. The molecule has 1 amide bonds. The number of carboxylic acids is 1. The Morgan fingerprint density at radius 3 is 2.62 bits per heavy atom. The van der Waals surface area contributed by atoms with Crippen LogP contribution in [0.5, 0.6) is 0 Å². The van der Waals surface area contributed by atoms with Crippen LogP contribution in [0.1, 0.15) is 28.8 Å². The first-order chi connectivity index (χ1) is 9.99. The molecule has 0 aromatic heterocycles. The molecule has 1 heterocycles. The summed E-state index contributed by atoms with van der Waals surface area (Å²) in [6.45, 7) is 2.21. The van der Waals surface area contributed by atoms with Crippen LogP contribution in [0.3, 0.4) is 0 Å². The van der Waals surface area contributed by atoms with E-state index in [4.69, 9.17) is 9.84 Å². The number of rotatable bonds is 4. The molecule has 1 saturated heterocycles. The Morgan fingerprint density at radius 1 is 1.38 bits per heavy atom. The molecule has 114 valence electrons. The van der Waals surface area contributed by atoms with Crippen LogP contribution in [0.2, 0.25) is 0 Å². The smallest absolute Gasteiger partial charge is 0.323 e. The number of carboxylic acid groups (broad SMARTS) is 1. The maximum Gasteiger partial charge on any atom is 0.323 e. The van der Waals surface area contributed by atoms with Gasteiger partial charge in [-0.15, -0.1) is 0 Å². The van der Waals surface area contributed by atoms with E-state index in [1.807, 2.05) is 0 Å². The van der Waals surface area contributed by atoms with E-state index in [2.05, 4.69) is 0 Å². The van der Waals surface area contributed by atoms with Crippen LogP contribution in [0.15, 0.2) is 18.2 Å². The van der Waals surface area contributed by atoms with E-state index >= 15 is 0 Å². The quantitative estimate of drug-likeness (QED) is 0.920. The fraction of sp³-hybridized carbons (Fsp3) is 0.467. The minimum atomic E-state index is -1.08. The zero-order valence-corrected chi connectivity index (χ0v) is 11.8. The lowest BCUT2D eigenvalue weighted by Gasteiger charge is -2.33. The van der Waals surface area contributed by atoms with Crippen molar-refractivity contribution in [1.82, 2.24) is 4.90 Å². The van der Waals surface area contributed by atoms with Gasteiger partial charge in [0.15, 0.2) is 0 Å². The summed E-state index contributed by atoms with van der Waals surface area (Å²) < 4.78 is 18.8. The van der Waals surface area contributed by atoms with Gasteiger partial charge in [0.05, 0.1) is 0 Å². The lowest BCUT2D eigenvalue weighted by atomic mass is 10.0. The minimum Gasteiger partial charge on any atom is -0.480 e. The molecule has 0 radical (unpaired) electrons. The standard InChI is InChI=1S/C15H18FNO4/c1-10-2-3-11(8-13(10)16)15(20)17(9-14(18)19)12-4-6-21-7-5-12/h2-3,8,12H,4-7,9H2,1H3,(H,18,19). The van der Waals surface area contributed by atoms with Gasteiger partial charge >= 0.3 is 5.97 Å². The van der Waals surface area contributed by atoms with Crippen molar-refractivity contribution in [1.29, 1.82) is 0 Å². The number of ether oxygens (including phenoxy) is 1. The Balaban J connectivity index is 2.23. The molecule has 21 heavy (non-hydrogen) atoms. The van der Waals surface area contributed by atoms with Gasteiger partial charge in [-0.3, -0.25) is 9.59 Å². The maximum atomic E-state index is 13.6. The Labute approximate surface area is 122 Å². The molecule has 0 atom stereocenters. The maximum absolute atomic E-state index is 13.6. The first-order valence-corrected chi connectivity index (χ1v) is 6.85. The van der Waals surface area contributed by atoms with E-state index in [0.717, 1.165) is 6.07 Å². The van der Waals surface area contributed by atoms with E-state index in [9.17, 15) is 14.0 Å². The lowest BCUT2D eigenvalue weighted by molar-refractivity contribution is -0.138. The normalized spacial score (nSPS) is 15.7. The van der Waals surface area contributed by atoms with E-state index in [1.54, 1.807) is 6.92 Å². The van der Waals surface area contributed by atoms with Crippen molar-refractivity contribution in [3.8, 4) is 0 Å². The molecule has 0 unspecified atom stereocenters. The molecule has 6 heteroatoms. The molecule has 1 N–H and O–H groups in total. The number of hydrogen-bond acceptors (Lipinski definition) is 3. The molecular weight excluding hydrogens is 277 g/mol. The van der Waals surface area contributed by atoms with Crippen LogP contribution in [-0.2, 0) is 9.53 Å². The van der Waals surface area contributed by atoms with Crippen molar-refractivity contribution >= 4 is 11.9 Å². The lowest BCUT2D eigenvalue weighted by Crippen LogP contribution is -2.46. The Morgan fingerprint density at radius 2 is 2.05 bits per heavy atom. The largest absolute Gasteiger partial charge is 0.480 e. The summed E-state index contributed by atoms with van der Waals surface area (Å²) in [7, 11) is 0. The molecule has 0 saturated carbocycles. The van der Waals surface area contributed by atoms with Gasteiger partial charge in [-0.05, 0) is 37.5 Å². The Kier molecular flexibility index (Phi) is 4.90. The van der Waals surface area contributed by atoms with Crippen LogP contribution in [-0.4, -0.2) is 47.7 Å². The first kappa shape index (κ1) is 15.4. The Bertz CT molecular complexity index is 540. The predicted octanol–water partition coefficient (Wildman–Crippen LogP) is 1.84. The van der Waals surface area contributed by atoms with Crippen LogP contribution in [0.25, 0.3) is 0 Å². The fourth-order valence-corrected chi connectivity index (χ4v) is 2.40. The number of aliphatic carboxylic acids is 1. The number of amides is 1. The van der Waals surface area contributed by atoms with E-state index in [0.29, 0.717) is 31.6 Å². The average Bonchev–Trinajstić information content (AvgIpc) is 2.47. The molecule has 1 aromatic carbocycles. The molecular formula is C15H18FNO4. The third kappa shape index (κ3) is 3.78. The molecule has 1 aromatic rings. The SMILES string of the molecule is Cc1ccc(C(=O)N(CC(=O)O)C2CCOCC2)cc1F. The van der Waals surface area contributed by atoms with Gasteiger partial charge < -0.3 is 14.7 Å². The second-order valence-corrected chi connectivity index (χ2v) is 5.13. The van der Waals surface area contributed by atoms with Gasteiger partial charge in [0.2, 0.25) is 0 Å². The van der Waals surface area contributed by atoms with Crippen molar-refractivity contribution in [3.05, 3.63) is 35.1 Å². The van der Waals surface area contributed by atoms with Gasteiger partial charge in [0.1, 0.15) is 12.4 Å². The summed E-state index contributed by atoms with van der Waals surface area (Å²) >= 11 is 0. The van der Waals surface area contributed by atoms with Crippen molar-refractivity contribution in [2.24, 2.45) is 0 Å². The van der Waals surface area contributed by atoms with E-state index in [-0.39, 0.29) is 18.2 Å². The summed E-state index contributed by atoms with van der Waals surface area (Å²) in [4.78, 5) is 24.8. The van der Waals surface area contributed by atoms with Gasteiger partial charge in [-0.2, -0.15) is 0 Å². The highest BCUT2D eigenvalue weighted by atomic mass is 19.1. The van der Waals surface area contributed by atoms with Crippen LogP contribution in [0.4, 0.5) is 4.39 Å². The third-order valence-corrected chi connectivity index (χ3v) is 3.62. The molecule has 0 aliphatic carbocycles. The highest BCUT2D eigenvalue weighted by Crippen LogP contribution is 2.18. The minimum absolute atomic E-state index is 0.172. The topological polar surface area (TPSA) is 66.8 Å². The summed E-state index contributed by atoms with van der Waals surface area (Å²) in [6.07, 6.45) is 1.18. The molecule has 1 aliphatic rings. The van der Waals surface area contributed by atoms with Crippen molar-refractivity contribution in [2.75, 3.05) is 19.8 Å². The molecule has 5 nitrogen and oxygen atoms in total. The van der Waals surface area contributed by atoms with Crippen LogP contribution < -0.4 is 0 Å². The van der Waals surface area contributed by atoms with E-state index < -0.39 is 17.7 Å². The van der Waals surface area contributed by atoms with Gasteiger partial charge in [-0.1, -0.05) is 6.07 Å².